The molecule has 1 aliphatic rings. The van der Waals surface area contributed by atoms with Gasteiger partial charge < -0.3 is 10.1 Å². The van der Waals surface area contributed by atoms with Gasteiger partial charge in [-0.05, 0) is 13.0 Å². The van der Waals surface area contributed by atoms with E-state index in [1.807, 2.05) is 37.4 Å². The Balaban J connectivity index is 1.81. The van der Waals surface area contributed by atoms with Crippen LogP contribution in [0.4, 0.5) is 0 Å². The number of benzene rings is 1. The topological polar surface area (TPSA) is 59.6 Å². The molecule has 23 heavy (non-hydrogen) atoms. The van der Waals surface area contributed by atoms with Crippen LogP contribution in [0.1, 0.15) is 18.5 Å². The number of fused-ring (bicyclic) bond motifs is 1. The normalized spacial score (nSPS) is 18.1. The molecule has 0 amide bonds. The molecule has 2 N–H and O–H groups in total. The smallest absolute Gasteiger partial charge is 0.325 e. The van der Waals surface area contributed by atoms with Gasteiger partial charge in [0.15, 0.2) is 0 Å². The summed E-state index contributed by atoms with van der Waals surface area (Å²) in [4.78, 5) is 19.5. The number of aromatic nitrogens is 1. The number of para-hydroxylation sites is 1. The van der Waals surface area contributed by atoms with Crippen molar-refractivity contribution in [2.75, 3.05) is 32.7 Å². The SMILES string of the molecule is C=C(C)CN1CCN(C(C(=O)O)c2c[nH]c3ccccc23)CC1. The molecular weight excluding hydrogens is 290 g/mol. The standard InChI is InChI=1S/C18H23N3O2/c1-13(2)12-20-7-9-21(10-8-20)17(18(22)23)15-11-19-16-6-4-3-5-14(15)16/h3-6,11,17,19H,1,7-10,12H2,2H3,(H,22,23). The molecule has 1 aromatic heterocycles. The van der Waals surface area contributed by atoms with Gasteiger partial charge >= 0.3 is 5.97 Å². The molecule has 5 nitrogen and oxygen atoms in total. The van der Waals surface area contributed by atoms with Crippen LogP contribution in [-0.4, -0.2) is 58.6 Å². The molecule has 1 atom stereocenters. The number of aromatic amines is 1. The van der Waals surface area contributed by atoms with E-state index in [0.717, 1.165) is 54.8 Å². The van der Waals surface area contributed by atoms with Crippen molar-refractivity contribution in [1.82, 2.24) is 14.8 Å². The summed E-state index contributed by atoms with van der Waals surface area (Å²) in [7, 11) is 0. The number of H-pyrrole nitrogens is 1. The number of piperazine rings is 1. The van der Waals surface area contributed by atoms with Gasteiger partial charge in [0.1, 0.15) is 6.04 Å². The lowest BCUT2D eigenvalue weighted by Crippen LogP contribution is -2.49. The molecule has 0 radical (unpaired) electrons. The zero-order chi connectivity index (χ0) is 16.4. The van der Waals surface area contributed by atoms with Crippen molar-refractivity contribution in [2.45, 2.75) is 13.0 Å². The van der Waals surface area contributed by atoms with Gasteiger partial charge in [-0.15, -0.1) is 0 Å². The van der Waals surface area contributed by atoms with Gasteiger partial charge in [-0.1, -0.05) is 30.4 Å². The van der Waals surface area contributed by atoms with Gasteiger partial charge in [-0.25, -0.2) is 0 Å². The third-order valence-electron chi connectivity index (χ3n) is 4.42. The van der Waals surface area contributed by atoms with Crippen LogP contribution in [0.25, 0.3) is 10.9 Å². The number of hydrogen-bond acceptors (Lipinski definition) is 3. The largest absolute Gasteiger partial charge is 0.480 e. The summed E-state index contributed by atoms with van der Waals surface area (Å²) < 4.78 is 0. The van der Waals surface area contributed by atoms with E-state index in [1.54, 1.807) is 0 Å². The second kappa shape index (κ2) is 6.56. The number of carboxylic acids is 1. The van der Waals surface area contributed by atoms with E-state index >= 15 is 0 Å². The summed E-state index contributed by atoms with van der Waals surface area (Å²) >= 11 is 0. The fourth-order valence-electron chi connectivity index (χ4n) is 3.37. The molecule has 0 bridgehead atoms. The lowest BCUT2D eigenvalue weighted by Gasteiger charge is -2.37. The van der Waals surface area contributed by atoms with Gasteiger partial charge in [0.2, 0.25) is 0 Å². The number of hydrogen-bond donors (Lipinski definition) is 2. The number of rotatable bonds is 5. The minimum Gasteiger partial charge on any atom is -0.480 e. The third kappa shape index (κ3) is 3.30. The first-order valence-corrected chi connectivity index (χ1v) is 7.96. The first-order chi connectivity index (χ1) is 11.1. The van der Waals surface area contributed by atoms with Crippen molar-refractivity contribution in [3.05, 3.63) is 48.2 Å². The predicted molar refractivity (Wildman–Crippen MR) is 91.5 cm³/mol. The number of nitrogens with one attached hydrogen (secondary N) is 1. The molecule has 0 spiro atoms. The maximum atomic E-state index is 11.9. The molecule has 2 heterocycles. The zero-order valence-electron chi connectivity index (χ0n) is 13.5. The fourth-order valence-corrected chi connectivity index (χ4v) is 3.37. The molecule has 122 valence electrons. The predicted octanol–water partition coefficient (Wildman–Crippen LogP) is 2.49. The second-order valence-corrected chi connectivity index (χ2v) is 6.30. The highest BCUT2D eigenvalue weighted by atomic mass is 16.4. The minimum absolute atomic E-state index is 0.599. The molecule has 0 saturated carbocycles. The zero-order valence-corrected chi connectivity index (χ0v) is 13.5. The molecule has 1 fully saturated rings. The number of carbonyl (C=O) groups is 1. The van der Waals surface area contributed by atoms with Crippen molar-refractivity contribution in [3.63, 3.8) is 0 Å². The van der Waals surface area contributed by atoms with E-state index in [9.17, 15) is 9.90 Å². The van der Waals surface area contributed by atoms with Crippen LogP contribution in [0.2, 0.25) is 0 Å². The van der Waals surface area contributed by atoms with E-state index in [4.69, 9.17) is 0 Å². The Morgan fingerprint density at radius 2 is 2.00 bits per heavy atom. The third-order valence-corrected chi connectivity index (χ3v) is 4.42. The number of nitrogens with zero attached hydrogens (tertiary/aromatic N) is 2. The molecular formula is C18H23N3O2. The summed E-state index contributed by atoms with van der Waals surface area (Å²) in [6, 6.07) is 7.26. The molecule has 1 saturated heterocycles. The van der Waals surface area contributed by atoms with Gasteiger partial charge in [0.05, 0.1) is 0 Å². The quantitative estimate of drug-likeness (QED) is 0.833. The fraction of sp³-hybridized carbons (Fsp3) is 0.389. The molecule has 2 aromatic rings. The van der Waals surface area contributed by atoms with Crippen LogP contribution in [0, 0.1) is 0 Å². The summed E-state index contributed by atoms with van der Waals surface area (Å²) in [5.41, 5.74) is 2.97. The highest BCUT2D eigenvalue weighted by molar-refractivity contribution is 5.89. The Morgan fingerprint density at radius 3 is 2.65 bits per heavy atom. The summed E-state index contributed by atoms with van der Waals surface area (Å²) in [5.74, 6) is -0.789. The van der Waals surface area contributed by atoms with Crippen molar-refractivity contribution in [3.8, 4) is 0 Å². The highest BCUT2D eigenvalue weighted by Crippen LogP contribution is 2.29. The van der Waals surface area contributed by atoms with Crippen LogP contribution in [0.15, 0.2) is 42.6 Å². The van der Waals surface area contributed by atoms with E-state index < -0.39 is 12.0 Å². The summed E-state index contributed by atoms with van der Waals surface area (Å²) in [6.45, 7) is 10.1. The van der Waals surface area contributed by atoms with Crippen molar-refractivity contribution in [2.24, 2.45) is 0 Å². The monoisotopic (exact) mass is 313 g/mol. The Bertz CT molecular complexity index is 714. The average molecular weight is 313 g/mol. The van der Waals surface area contributed by atoms with Crippen molar-refractivity contribution >= 4 is 16.9 Å². The van der Waals surface area contributed by atoms with E-state index in [0.29, 0.717) is 0 Å². The lowest BCUT2D eigenvalue weighted by molar-refractivity contribution is -0.144. The molecule has 1 aromatic carbocycles. The average Bonchev–Trinajstić information content (AvgIpc) is 2.92. The van der Waals surface area contributed by atoms with Gasteiger partial charge in [-0.3, -0.25) is 14.6 Å². The Kier molecular flexibility index (Phi) is 4.50. The maximum Gasteiger partial charge on any atom is 0.325 e. The summed E-state index contributed by atoms with van der Waals surface area (Å²) in [6.07, 6.45) is 1.84. The van der Waals surface area contributed by atoms with Crippen molar-refractivity contribution < 1.29 is 9.90 Å². The molecule has 0 aliphatic carbocycles. The molecule has 1 aliphatic heterocycles. The first kappa shape index (κ1) is 15.8. The number of aliphatic carboxylic acids is 1. The lowest BCUT2D eigenvalue weighted by atomic mass is 10.0. The number of carboxylic acid groups (broad SMARTS) is 1. The van der Waals surface area contributed by atoms with Gasteiger partial charge in [-0.2, -0.15) is 0 Å². The Morgan fingerprint density at radius 1 is 1.30 bits per heavy atom. The minimum atomic E-state index is -0.789. The first-order valence-electron chi connectivity index (χ1n) is 7.96. The van der Waals surface area contributed by atoms with Crippen LogP contribution in [-0.2, 0) is 4.79 Å². The Hall–Kier alpha value is -2.11. The van der Waals surface area contributed by atoms with Crippen LogP contribution in [0.3, 0.4) is 0 Å². The molecule has 5 heteroatoms. The van der Waals surface area contributed by atoms with E-state index in [1.165, 1.54) is 0 Å². The molecule has 3 rings (SSSR count). The van der Waals surface area contributed by atoms with Crippen LogP contribution >= 0.6 is 0 Å². The van der Waals surface area contributed by atoms with Gasteiger partial charge in [0.25, 0.3) is 0 Å². The maximum absolute atomic E-state index is 11.9. The van der Waals surface area contributed by atoms with Gasteiger partial charge in [0, 0.05) is 55.4 Å². The summed E-state index contributed by atoms with van der Waals surface area (Å²) in [5, 5.41) is 10.8. The van der Waals surface area contributed by atoms with Crippen molar-refractivity contribution in [1.29, 1.82) is 0 Å². The second-order valence-electron chi connectivity index (χ2n) is 6.30. The highest BCUT2D eigenvalue weighted by Gasteiger charge is 2.31. The Labute approximate surface area is 136 Å². The van der Waals surface area contributed by atoms with Crippen LogP contribution < -0.4 is 0 Å². The van der Waals surface area contributed by atoms with Crippen LogP contribution in [0.5, 0.6) is 0 Å². The van der Waals surface area contributed by atoms with E-state index in [2.05, 4.69) is 21.4 Å². The van der Waals surface area contributed by atoms with E-state index in [-0.39, 0.29) is 0 Å². The molecule has 1 unspecified atom stereocenters.